The maximum Gasteiger partial charge on any atom is 0.208 e. The van der Waals surface area contributed by atoms with Gasteiger partial charge in [0.2, 0.25) is 5.89 Å². The van der Waals surface area contributed by atoms with Crippen molar-refractivity contribution in [3.63, 3.8) is 0 Å². The van der Waals surface area contributed by atoms with Crippen LogP contribution in [0.25, 0.3) is 0 Å². The molecule has 0 aromatic carbocycles. The number of aliphatic hydroxyl groups excluding tert-OH is 1. The lowest BCUT2D eigenvalue weighted by molar-refractivity contribution is 0.170. The van der Waals surface area contributed by atoms with Crippen molar-refractivity contribution in [2.24, 2.45) is 0 Å². The third-order valence-corrected chi connectivity index (χ3v) is 2.90. The van der Waals surface area contributed by atoms with Gasteiger partial charge in [-0.2, -0.15) is 0 Å². The van der Waals surface area contributed by atoms with Crippen molar-refractivity contribution in [3.8, 4) is 0 Å². The first-order valence-electron chi connectivity index (χ1n) is 5.81. The highest BCUT2D eigenvalue weighted by Gasteiger charge is 2.23. The minimum Gasteiger partial charge on any atom is -0.444 e. The summed E-state index contributed by atoms with van der Waals surface area (Å²) in [5, 5.41) is 9.42. The Morgan fingerprint density at radius 2 is 2.31 bits per heavy atom. The van der Waals surface area contributed by atoms with E-state index >= 15 is 0 Å². The summed E-state index contributed by atoms with van der Waals surface area (Å²) in [5.74, 6) is 1.67. The molecule has 0 unspecified atom stereocenters. The van der Waals surface area contributed by atoms with Gasteiger partial charge in [-0.25, -0.2) is 4.98 Å². The van der Waals surface area contributed by atoms with E-state index in [2.05, 4.69) is 30.7 Å². The topological polar surface area (TPSA) is 49.5 Å². The highest BCUT2D eigenvalue weighted by Crippen LogP contribution is 2.23. The van der Waals surface area contributed by atoms with Crippen LogP contribution in [0.4, 0.5) is 0 Å². The fourth-order valence-electron chi connectivity index (χ4n) is 1.88. The van der Waals surface area contributed by atoms with Gasteiger partial charge in [0, 0.05) is 18.5 Å². The molecule has 1 aromatic rings. The van der Waals surface area contributed by atoms with Crippen molar-refractivity contribution in [1.29, 1.82) is 0 Å². The summed E-state index contributed by atoms with van der Waals surface area (Å²) >= 11 is 0. The van der Waals surface area contributed by atoms with Gasteiger partial charge in [0.1, 0.15) is 5.76 Å². The van der Waals surface area contributed by atoms with Crippen LogP contribution in [-0.2, 0) is 12.0 Å². The average molecular weight is 224 g/mol. The molecule has 90 valence electrons. The molecular formula is C12H20N2O2. The lowest BCUT2D eigenvalue weighted by Gasteiger charge is -2.14. The fraction of sp³-hybridized carbons (Fsp3) is 0.750. The number of aliphatic hydroxyl groups is 1. The standard InChI is InChI=1S/C12H20N2O2/c1-12(2,3)10-6-13-11(16-10)8-14-5-4-9(15)7-14/h6,9,15H,4-5,7-8H2,1-3H3/t9-/m0/s1. The van der Waals surface area contributed by atoms with Crippen LogP contribution in [0.15, 0.2) is 10.6 Å². The molecule has 0 spiro atoms. The van der Waals surface area contributed by atoms with Crippen molar-refractivity contribution in [3.05, 3.63) is 17.8 Å². The number of rotatable bonds is 2. The summed E-state index contributed by atoms with van der Waals surface area (Å²) in [4.78, 5) is 6.45. The normalized spacial score (nSPS) is 22.9. The van der Waals surface area contributed by atoms with Crippen molar-refractivity contribution in [1.82, 2.24) is 9.88 Å². The molecule has 0 saturated carbocycles. The van der Waals surface area contributed by atoms with Gasteiger partial charge in [-0.1, -0.05) is 20.8 Å². The Morgan fingerprint density at radius 3 is 2.81 bits per heavy atom. The van der Waals surface area contributed by atoms with Crippen LogP contribution in [-0.4, -0.2) is 34.2 Å². The highest BCUT2D eigenvalue weighted by molar-refractivity contribution is 5.06. The smallest absolute Gasteiger partial charge is 0.208 e. The largest absolute Gasteiger partial charge is 0.444 e. The zero-order chi connectivity index (χ0) is 11.8. The molecule has 0 bridgehead atoms. The van der Waals surface area contributed by atoms with E-state index in [0.29, 0.717) is 6.54 Å². The van der Waals surface area contributed by atoms with E-state index in [-0.39, 0.29) is 11.5 Å². The molecule has 1 atom stereocenters. The number of oxazole rings is 1. The van der Waals surface area contributed by atoms with Crippen LogP contribution in [0.3, 0.4) is 0 Å². The second kappa shape index (κ2) is 4.18. The van der Waals surface area contributed by atoms with Gasteiger partial charge < -0.3 is 9.52 Å². The molecule has 4 heteroatoms. The molecule has 4 nitrogen and oxygen atoms in total. The minimum absolute atomic E-state index is 0.00970. The summed E-state index contributed by atoms with van der Waals surface area (Å²) in [6.07, 6.45) is 2.48. The second-order valence-electron chi connectivity index (χ2n) is 5.55. The fourth-order valence-corrected chi connectivity index (χ4v) is 1.88. The van der Waals surface area contributed by atoms with Gasteiger partial charge in [0.15, 0.2) is 0 Å². The number of nitrogens with zero attached hydrogens (tertiary/aromatic N) is 2. The molecule has 1 fully saturated rings. The Balaban J connectivity index is 1.98. The number of hydrogen-bond acceptors (Lipinski definition) is 4. The van der Waals surface area contributed by atoms with Crippen molar-refractivity contribution in [2.45, 2.75) is 45.3 Å². The van der Waals surface area contributed by atoms with Crippen molar-refractivity contribution >= 4 is 0 Å². The van der Waals surface area contributed by atoms with Gasteiger partial charge in [-0.05, 0) is 6.42 Å². The van der Waals surface area contributed by atoms with Crippen LogP contribution in [0, 0.1) is 0 Å². The van der Waals surface area contributed by atoms with E-state index in [1.807, 2.05) is 6.20 Å². The monoisotopic (exact) mass is 224 g/mol. The molecule has 0 aliphatic carbocycles. The molecule has 1 aromatic heterocycles. The third-order valence-electron chi connectivity index (χ3n) is 2.90. The molecule has 1 aliphatic rings. The van der Waals surface area contributed by atoms with Gasteiger partial charge in [0.05, 0.1) is 18.8 Å². The molecule has 16 heavy (non-hydrogen) atoms. The first-order valence-corrected chi connectivity index (χ1v) is 5.81. The molecule has 1 saturated heterocycles. The number of aromatic nitrogens is 1. The van der Waals surface area contributed by atoms with E-state index in [1.165, 1.54) is 0 Å². The van der Waals surface area contributed by atoms with Crippen molar-refractivity contribution in [2.75, 3.05) is 13.1 Å². The summed E-state index contributed by atoms with van der Waals surface area (Å²) in [5.41, 5.74) is 0.00970. The van der Waals surface area contributed by atoms with Crippen molar-refractivity contribution < 1.29 is 9.52 Å². The van der Waals surface area contributed by atoms with E-state index in [4.69, 9.17) is 4.42 Å². The van der Waals surface area contributed by atoms with Gasteiger partial charge in [-0.3, -0.25) is 4.90 Å². The average Bonchev–Trinajstić information content (AvgIpc) is 2.74. The molecule has 0 amide bonds. The maximum absolute atomic E-state index is 9.42. The van der Waals surface area contributed by atoms with Crippen LogP contribution >= 0.6 is 0 Å². The third kappa shape index (κ3) is 2.62. The number of hydrogen-bond donors (Lipinski definition) is 1. The Morgan fingerprint density at radius 1 is 1.56 bits per heavy atom. The maximum atomic E-state index is 9.42. The Labute approximate surface area is 96.3 Å². The van der Waals surface area contributed by atoms with Crippen LogP contribution in [0.2, 0.25) is 0 Å². The Kier molecular flexibility index (Phi) is 3.04. The SMILES string of the molecule is CC(C)(C)c1cnc(CN2CC[C@H](O)C2)o1. The molecule has 0 radical (unpaired) electrons. The minimum atomic E-state index is -0.183. The predicted octanol–water partition coefficient (Wildman–Crippen LogP) is 1.54. The summed E-state index contributed by atoms with van der Waals surface area (Å²) < 4.78 is 5.71. The molecule has 2 rings (SSSR count). The highest BCUT2D eigenvalue weighted by atomic mass is 16.4. The first-order chi connectivity index (χ1) is 7.45. The summed E-state index contributed by atoms with van der Waals surface area (Å²) in [7, 11) is 0. The van der Waals surface area contributed by atoms with Crippen LogP contribution in [0.5, 0.6) is 0 Å². The molecule has 1 aliphatic heterocycles. The lowest BCUT2D eigenvalue weighted by atomic mass is 9.94. The quantitative estimate of drug-likeness (QED) is 0.828. The summed E-state index contributed by atoms with van der Waals surface area (Å²) in [6.45, 7) is 8.68. The van der Waals surface area contributed by atoms with Gasteiger partial charge in [-0.15, -0.1) is 0 Å². The Bertz CT molecular complexity index is 354. The molecule has 2 heterocycles. The lowest BCUT2D eigenvalue weighted by Crippen LogP contribution is -2.21. The number of likely N-dealkylation sites (tertiary alicyclic amines) is 1. The van der Waals surface area contributed by atoms with Crippen LogP contribution < -0.4 is 0 Å². The van der Waals surface area contributed by atoms with E-state index in [9.17, 15) is 5.11 Å². The zero-order valence-electron chi connectivity index (χ0n) is 10.2. The molecule has 1 N–H and O–H groups in total. The first kappa shape index (κ1) is 11.6. The summed E-state index contributed by atoms with van der Waals surface area (Å²) in [6, 6.07) is 0. The van der Waals surface area contributed by atoms with Gasteiger partial charge in [0.25, 0.3) is 0 Å². The second-order valence-corrected chi connectivity index (χ2v) is 5.55. The molecular weight excluding hydrogens is 204 g/mol. The van der Waals surface area contributed by atoms with Gasteiger partial charge >= 0.3 is 0 Å². The zero-order valence-corrected chi connectivity index (χ0v) is 10.2. The van der Waals surface area contributed by atoms with E-state index in [0.717, 1.165) is 31.2 Å². The Hall–Kier alpha value is -0.870. The number of β-amino-alcohol motifs (C(OH)–C–C–N with tert-alkyl or cyclic N) is 1. The van der Waals surface area contributed by atoms with Crippen LogP contribution in [0.1, 0.15) is 38.8 Å². The predicted molar refractivity (Wildman–Crippen MR) is 61.1 cm³/mol. The van der Waals surface area contributed by atoms with E-state index in [1.54, 1.807) is 0 Å². The van der Waals surface area contributed by atoms with E-state index < -0.39 is 0 Å².